The van der Waals surface area contributed by atoms with Crippen LogP contribution in [-0.4, -0.2) is 6.61 Å². The summed E-state index contributed by atoms with van der Waals surface area (Å²) >= 11 is 0. The monoisotopic (exact) mass is 452 g/mol. The Morgan fingerprint density at radius 2 is 1.55 bits per heavy atom. The molecule has 0 N–H and O–H groups in total. The summed E-state index contributed by atoms with van der Waals surface area (Å²) in [7, 11) is 0. The quantitative estimate of drug-likeness (QED) is 0.259. The highest BCUT2D eigenvalue weighted by Crippen LogP contribution is 2.35. The van der Waals surface area contributed by atoms with Crippen LogP contribution >= 0.6 is 0 Å². The lowest BCUT2D eigenvalue weighted by Gasteiger charge is -2.26. The molecule has 0 unspecified atom stereocenters. The predicted octanol–water partition coefficient (Wildman–Crippen LogP) is 8.59. The lowest BCUT2D eigenvalue weighted by atomic mass is 9.78. The molecular weight excluding hydrogens is 414 g/mol. The van der Waals surface area contributed by atoms with Crippen molar-refractivity contribution < 1.29 is 13.5 Å². The average molecular weight is 453 g/mol. The number of ether oxygens (including phenoxy) is 1. The zero-order chi connectivity index (χ0) is 23.5. The first kappa shape index (κ1) is 25.3. The molecule has 0 aliphatic heterocycles. The first-order valence-electron chi connectivity index (χ1n) is 12.8. The van der Waals surface area contributed by atoms with Crippen molar-refractivity contribution >= 4 is 0 Å². The van der Waals surface area contributed by atoms with Gasteiger partial charge in [0.15, 0.2) is 11.6 Å². The number of hydrogen-bond acceptors (Lipinski definition) is 1. The Kier molecular flexibility index (Phi) is 10.3. The summed E-state index contributed by atoms with van der Waals surface area (Å²) in [5.41, 5.74) is 2.97. The van der Waals surface area contributed by atoms with Gasteiger partial charge in [-0.25, -0.2) is 4.39 Å². The fourth-order valence-electron chi connectivity index (χ4n) is 4.53. The Morgan fingerprint density at radius 3 is 2.24 bits per heavy atom. The van der Waals surface area contributed by atoms with E-state index >= 15 is 0 Å². The lowest BCUT2D eigenvalue weighted by Crippen LogP contribution is -2.12. The minimum absolute atomic E-state index is 0.0287. The third-order valence-corrected chi connectivity index (χ3v) is 6.71. The maximum atomic E-state index is 14.4. The molecule has 1 saturated carbocycles. The first-order valence-corrected chi connectivity index (χ1v) is 12.8. The van der Waals surface area contributed by atoms with Gasteiger partial charge in [0.25, 0.3) is 0 Å². The maximum absolute atomic E-state index is 14.4. The number of rotatable bonds is 10. The van der Waals surface area contributed by atoms with Gasteiger partial charge in [0.1, 0.15) is 0 Å². The van der Waals surface area contributed by atoms with Crippen molar-refractivity contribution in [2.45, 2.75) is 90.4 Å². The number of hydrogen-bond donors (Lipinski definition) is 0. The fraction of sp³-hybridized carbons (Fsp3) is 0.533. The molecule has 2 aromatic rings. The van der Waals surface area contributed by atoms with Crippen LogP contribution in [0.15, 0.2) is 36.4 Å². The van der Waals surface area contributed by atoms with E-state index < -0.39 is 11.6 Å². The van der Waals surface area contributed by atoms with E-state index in [1.165, 1.54) is 55.4 Å². The molecule has 0 spiro atoms. The standard InChI is InChI=1S/C30H38F2O/c1-3-5-7-8-9-23-10-15-25(16-11-23)26-17-12-24(13-18-26)14-19-27-20-21-28(30(32)29(27)31)33-22-6-4-2/h10-11,15-16,20-21,24,26H,3-9,12-13,17-18,22H2,1-2H3. The molecule has 2 aromatic carbocycles. The average Bonchev–Trinajstić information content (AvgIpc) is 2.85. The molecule has 3 rings (SSSR count). The Bertz CT molecular complexity index is 915. The normalized spacial score (nSPS) is 17.9. The van der Waals surface area contributed by atoms with Crippen LogP contribution in [0.4, 0.5) is 8.78 Å². The van der Waals surface area contributed by atoms with Gasteiger partial charge in [0.2, 0.25) is 5.82 Å². The van der Waals surface area contributed by atoms with E-state index in [-0.39, 0.29) is 17.2 Å². The number of unbranched alkanes of at least 4 members (excludes halogenated alkanes) is 4. The SMILES string of the molecule is CCCCCCc1ccc(C2CCC(C#Cc3ccc(OCCCC)c(F)c3F)CC2)cc1. The molecule has 0 saturated heterocycles. The van der Waals surface area contributed by atoms with E-state index in [0.717, 1.165) is 38.5 Å². The molecule has 1 aliphatic rings. The topological polar surface area (TPSA) is 9.23 Å². The van der Waals surface area contributed by atoms with E-state index in [4.69, 9.17) is 4.74 Å². The van der Waals surface area contributed by atoms with Gasteiger partial charge in [-0.15, -0.1) is 0 Å². The van der Waals surface area contributed by atoms with Crippen molar-refractivity contribution in [1.82, 2.24) is 0 Å². The Labute approximate surface area is 198 Å². The Hall–Kier alpha value is -2.34. The third kappa shape index (κ3) is 7.60. The van der Waals surface area contributed by atoms with E-state index in [1.807, 2.05) is 6.92 Å². The van der Waals surface area contributed by atoms with Gasteiger partial charge in [0.05, 0.1) is 12.2 Å². The summed E-state index contributed by atoms with van der Waals surface area (Å²) in [6, 6.07) is 12.2. The second-order valence-electron chi connectivity index (χ2n) is 9.31. The summed E-state index contributed by atoms with van der Waals surface area (Å²) in [5, 5.41) is 0. The molecular formula is C30H38F2O. The van der Waals surface area contributed by atoms with Gasteiger partial charge in [-0.3, -0.25) is 0 Å². The van der Waals surface area contributed by atoms with Crippen LogP contribution in [-0.2, 0) is 6.42 Å². The second kappa shape index (κ2) is 13.4. The van der Waals surface area contributed by atoms with Crippen LogP contribution in [0, 0.1) is 29.4 Å². The molecule has 0 radical (unpaired) electrons. The van der Waals surface area contributed by atoms with Crippen LogP contribution in [0.25, 0.3) is 0 Å². The van der Waals surface area contributed by atoms with E-state index in [1.54, 1.807) is 0 Å². The van der Waals surface area contributed by atoms with E-state index in [9.17, 15) is 8.78 Å². The highest BCUT2D eigenvalue weighted by molar-refractivity contribution is 5.41. The van der Waals surface area contributed by atoms with Gasteiger partial charge in [-0.2, -0.15) is 4.39 Å². The molecule has 0 amide bonds. The molecule has 178 valence electrons. The van der Waals surface area contributed by atoms with Gasteiger partial charge in [-0.1, -0.05) is 75.6 Å². The zero-order valence-electron chi connectivity index (χ0n) is 20.3. The maximum Gasteiger partial charge on any atom is 0.201 e. The van der Waals surface area contributed by atoms with Crippen molar-refractivity contribution in [2.75, 3.05) is 6.61 Å². The summed E-state index contributed by atoms with van der Waals surface area (Å²) in [5.74, 6) is 5.03. The van der Waals surface area contributed by atoms with Crippen molar-refractivity contribution in [3.05, 3.63) is 64.7 Å². The molecule has 0 atom stereocenters. The van der Waals surface area contributed by atoms with Crippen LogP contribution in [0.5, 0.6) is 5.75 Å². The highest BCUT2D eigenvalue weighted by atomic mass is 19.2. The van der Waals surface area contributed by atoms with E-state index in [0.29, 0.717) is 12.5 Å². The van der Waals surface area contributed by atoms with Crippen molar-refractivity contribution in [1.29, 1.82) is 0 Å². The predicted molar refractivity (Wildman–Crippen MR) is 133 cm³/mol. The summed E-state index contributed by atoms with van der Waals surface area (Å²) in [4.78, 5) is 0. The van der Waals surface area contributed by atoms with Crippen LogP contribution in [0.1, 0.15) is 101 Å². The number of benzene rings is 2. The van der Waals surface area contributed by atoms with Gasteiger partial charge in [-0.05, 0) is 74.1 Å². The summed E-state index contributed by atoms with van der Waals surface area (Å²) < 4.78 is 34.0. The van der Waals surface area contributed by atoms with Gasteiger partial charge < -0.3 is 4.74 Å². The van der Waals surface area contributed by atoms with Crippen molar-refractivity contribution in [2.24, 2.45) is 5.92 Å². The zero-order valence-corrected chi connectivity index (χ0v) is 20.3. The molecule has 33 heavy (non-hydrogen) atoms. The largest absolute Gasteiger partial charge is 0.490 e. The first-order chi connectivity index (χ1) is 16.1. The third-order valence-electron chi connectivity index (χ3n) is 6.71. The Balaban J connectivity index is 1.50. The summed E-state index contributed by atoms with van der Waals surface area (Å²) in [6.07, 6.45) is 12.3. The number of aryl methyl sites for hydroxylation is 1. The molecule has 0 heterocycles. The smallest absolute Gasteiger partial charge is 0.201 e. The van der Waals surface area contributed by atoms with Crippen LogP contribution < -0.4 is 4.74 Å². The van der Waals surface area contributed by atoms with Crippen molar-refractivity contribution in [3.8, 4) is 17.6 Å². The second-order valence-corrected chi connectivity index (χ2v) is 9.31. The molecule has 1 nitrogen and oxygen atoms in total. The van der Waals surface area contributed by atoms with Gasteiger partial charge >= 0.3 is 0 Å². The molecule has 0 aromatic heterocycles. The summed E-state index contributed by atoms with van der Waals surface area (Å²) in [6.45, 7) is 4.66. The lowest BCUT2D eigenvalue weighted by molar-refractivity contribution is 0.288. The molecule has 1 aliphatic carbocycles. The van der Waals surface area contributed by atoms with Crippen LogP contribution in [0.3, 0.4) is 0 Å². The fourth-order valence-corrected chi connectivity index (χ4v) is 4.53. The Morgan fingerprint density at radius 1 is 0.818 bits per heavy atom. The minimum atomic E-state index is -0.935. The molecule has 1 fully saturated rings. The number of halogens is 2. The molecule has 3 heteroatoms. The van der Waals surface area contributed by atoms with E-state index in [2.05, 4.69) is 43.0 Å². The minimum Gasteiger partial charge on any atom is -0.490 e. The van der Waals surface area contributed by atoms with Crippen LogP contribution in [0.2, 0.25) is 0 Å². The highest BCUT2D eigenvalue weighted by Gasteiger charge is 2.21. The van der Waals surface area contributed by atoms with Crippen molar-refractivity contribution in [3.63, 3.8) is 0 Å². The molecule has 0 bridgehead atoms. The van der Waals surface area contributed by atoms with Gasteiger partial charge in [0, 0.05) is 5.92 Å².